The Morgan fingerprint density at radius 1 is 0.708 bits per heavy atom. The van der Waals surface area contributed by atoms with Crippen LogP contribution in [0.15, 0.2) is 39.0 Å². The summed E-state index contributed by atoms with van der Waals surface area (Å²) >= 11 is 0. The fourth-order valence-electron chi connectivity index (χ4n) is 1.96. The summed E-state index contributed by atoms with van der Waals surface area (Å²) in [7, 11) is -14.5. The fourth-order valence-corrected chi connectivity index (χ4v) is 3.89. The quantitative estimate of drug-likeness (QED) is 0.293. The zero-order chi connectivity index (χ0) is 17.8. The molecule has 0 unspecified atom stereocenters. The topological polar surface area (TPSA) is 189 Å². The summed E-state index contributed by atoms with van der Waals surface area (Å²) in [6, 6.07) is 2.69. The van der Waals surface area contributed by atoms with E-state index in [9.17, 15) is 29.8 Å². The second-order valence-electron chi connectivity index (χ2n) is 4.46. The van der Waals surface area contributed by atoms with Crippen molar-refractivity contribution in [1.29, 1.82) is 0 Å². The Bertz CT molecular complexity index is 1130. The first-order chi connectivity index (χ1) is 10.2. The van der Waals surface area contributed by atoms with Crippen molar-refractivity contribution < 1.29 is 38.9 Å². The Hall–Kier alpha value is -0.770. The third-order valence-electron chi connectivity index (χ3n) is 2.86. The standard InChI is InChI=1S/C10H9NO9S3.Na.H/c11-8-3-6(21(12,13)14)1-5-2-7(22(15,16)17)4-9(10(5)8)23(18,19)20;;/h1-4H,11H2,(H,12,13,14)(H,15,16,17)(H,18,19,20);;. The molecule has 0 aliphatic heterocycles. The summed E-state index contributed by atoms with van der Waals surface area (Å²) in [5.74, 6) is 0. The molecule has 5 N–H and O–H groups in total. The molecule has 2 rings (SSSR count). The molecule has 24 heavy (non-hydrogen) atoms. The predicted octanol–water partition coefficient (Wildman–Crippen LogP) is -0.486. The number of anilines is 1. The van der Waals surface area contributed by atoms with Crippen LogP contribution in [-0.2, 0) is 30.4 Å². The van der Waals surface area contributed by atoms with E-state index in [0.29, 0.717) is 6.07 Å². The number of benzene rings is 2. The summed E-state index contributed by atoms with van der Waals surface area (Å²) in [5, 5.41) is -0.715. The van der Waals surface area contributed by atoms with Crippen molar-refractivity contribution in [2.45, 2.75) is 14.7 Å². The molecule has 0 atom stereocenters. The van der Waals surface area contributed by atoms with Crippen molar-refractivity contribution in [1.82, 2.24) is 0 Å². The van der Waals surface area contributed by atoms with Gasteiger partial charge in [0.15, 0.2) is 0 Å². The van der Waals surface area contributed by atoms with Gasteiger partial charge in [0.25, 0.3) is 30.4 Å². The minimum atomic E-state index is -4.95. The van der Waals surface area contributed by atoms with Gasteiger partial charge in [0.1, 0.15) is 4.90 Å². The van der Waals surface area contributed by atoms with E-state index in [1.165, 1.54) is 0 Å². The van der Waals surface area contributed by atoms with Crippen LogP contribution < -0.4 is 5.73 Å². The molecule has 0 saturated carbocycles. The number of fused-ring (bicyclic) bond motifs is 1. The Kier molecular flexibility index (Phi) is 5.77. The summed E-state index contributed by atoms with van der Waals surface area (Å²) in [5.41, 5.74) is 5.09. The van der Waals surface area contributed by atoms with Crippen LogP contribution in [0.3, 0.4) is 0 Å². The molecule has 0 aliphatic rings. The van der Waals surface area contributed by atoms with Crippen LogP contribution in [0.5, 0.6) is 0 Å². The van der Waals surface area contributed by atoms with Crippen molar-refractivity contribution >= 4 is 76.4 Å². The second-order valence-corrected chi connectivity index (χ2v) is 8.69. The van der Waals surface area contributed by atoms with E-state index in [-0.39, 0.29) is 40.3 Å². The van der Waals surface area contributed by atoms with Gasteiger partial charge in [-0.15, -0.1) is 0 Å². The summed E-state index contributed by atoms with van der Waals surface area (Å²) in [6.07, 6.45) is 0. The molecule has 0 fully saturated rings. The van der Waals surface area contributed by atoms with Crippen molar-refractivity contribution in [3.05, 3.63) is 24.3 Å². The van der Waals surface area contributed by atoms with Crippen molar-refractivity contribution in [3.8, 4) is 0 Å². The van der Waals surface area contributed by atoms with Gasteiger partial charge >= 0.3 is 29.6 Å². The third-order valence-corrected chi connectivity index (χ3v) is 5.40. The van der Waals surface area contributed by atoms with Gasteiger partial charge in [-0.25, -0.2) is 0 Å². The van der Waals surface area contributed by atoms with Gasteiger partial charge in [-0.1, -0.05) is 0 Å². The molecule has 2 aromatic carbocycles. The third kappa shape index (κ3) is 4.25. The van der Waals surface area contributed by atoms with Gasteiger partial charge in [0, 0.05) is 11.1 Å². The van der Waals surface area contributed by atoms with Gasteiger partial charge in [-0.05, 0) is 29.7 Å². The van der Waals surface area contributed by atoms with E-state index < -0.39 is 50.7 Å². The summed E-state index contributed by atoms with van der Waals surface area (Å²) in [4.78, 5) is -2.58. The number of nitrogen functional groups attached to an aromatic ring is 1. The number of hydrogen-bond acceptors (Lipinski definition) is 7. The van der Waals surface area contributed by atoms with Crippen LogP contribution in [-0.4, -0.2) is 68.5 Å². The number of hydrogen-bond donors (Lipinski definition) is 4. The van der Waals surface area contributed by atoms with Gasteiger partial charge in [-0.3, -0.25) is 13.7 Å². The molecule has 0 bridgehead atoms. The van der Waals surface area contributed by atoms with Crippen molar-refractivity contribution in [2.75, 3.05) is 5.73 Å². The van der Waals surface area contributed by atoms with Crippen LogP contribution in [0.1, 0.15) is 0 Å². The minimum absolute atomic E-state index is 0. The average molecular weight is 407 g/mol. The average Bonchev–Trinajstić information content (AvgIpc) is 2.33. The van der Waals surface area contributed by atoms with Gasteiger partial charge < -0.3 is 5.73 Å². The first-order valence-electron chi connectivity index (χ1n) is 5.51. The number of nitrogens with two attached hydrogens (primary N) is 1. The molecular formula is C10H10NNaO9S3. The zero-order valence-electron chi connectivity index (χ0n) is 10.9. The maximum absolute atomic E-state index is 11.4. The van der Waals surface area contributed by atoms with E-state index in [4.69, 9.17) is 14.8 Å². The predicted molar refractivity (Wildman–Crippen MR) is 85.0 cm³/mol. The Morgan fingerprint density at radius 2 is 1.12 bits per heavy atom. The van der Waals surface area contributed by atoms with Crippen molar-refractivity contribution in [2.24, 2.45) is 0 Å². The van der Waals surface area contributed by atoms with E-state index in [1.54, 1.807) is 0 Å². The van der Waals surface area contributed by atoms with Gasteiger partial charge in [0.2, 0.25) is 0 Å². The Labute approximate surface area is 159 Å². The van der Waals surface area contributed by atoms with Crippen LogP contribution in [0.25, 0.3) is 10.8 Å². The van der Waals surface area contributed by atoms with Crippen LogP contribution in [0.2, 0.25) is 0 Å². The maximum atomic E-state index is 11.4. The molecule has 128 valence electrons. The first-order valence-corrected chi connectivity index (χ1v) is 9.83. The molecule has 0 amide bonds. The van der Waals surface area contributed by atoms with Gasteiger partial charge in [0.05, 0.1) is 9.79 Å². The monoisotopic (exact) mass is 407 g/mol. The molecule has 0 heterocycles. The Balaban J connectivity index is 0.00000288. The normalized spacial score (nSPS) is 12.8. The van der Waals surface area contributed by atoms with E-state index in [1.807, 2.05) is 0 Å². The molecule has 14 heteroatoms. The summed E-state index contributed by atoms with van der Waals surface area (Å²) < 4.78 is 94.8. The van der Waals surface area contributed by atoms with E-state index in [2.05, 4.69) is 0 Å². The van der Waals surface area contributed by atoms with E-state index >= 15 is 0 Å². The summed E-state index contributed by atoms with van der Waals surface area (Å²) in [6.45, 7) is 0. The SMILES string of the molecule is Nc1cc(S(=O)(=O)O)cc2cc(S(=O)(=O)O)cc(S(=O)(=O)O)c12.[NaH]. The Morgan fingerprint density at radius 3 is 1.50 bits per heavy atom. The second kappa shape index (κ2) is 6.51. The molecule has 0 aromatic heterocycles. The van der Waals surface area contributed by atoms with Crippen LogP contribution in [0, 0.1) is 0 Å². The molecule has 10 nitrogen and oxygen atoms in total. The van der Waals surface area contributed by atoms with Crippen LogP contribution in [0.4, 0.5) is 5.69 Å². The molecular weight excluding hydrogens is 397 g/mol. The van der Waals surface area contributed by atoms with E-state index in [0.717, 1.165) is 18.2 Å². The van der Waals surface area contributed by atoms with Crippen LogP contribution >= 0.6 is 0 Å². The fraction of sp³-hybridized carbons (Fsp3) is 0. The zero-order valence-corrected chi connectivity index (χ0v) is 13.4. The molecule has 0 spiro atoms. The molecule has 2 aromatic rings. The number of rotatable bonds is 3. The van der Waals surface area contributed by atoms with Crippen molar-refractivity contribution in [3.63, 3.8) is 0 Å². The van der Waals surface area contributed by atoms with Gasteiger partial charge in [-0.2, -0.15) is 25.3 Å². The first kappa shape index (κ1) is 21.3. The molecule has 0 radical (unpaired) electrons. The molecule has 0 saturated heterocycles. The molecule has 0 aliphatic carbocycles.